The molecule has 8 heavy (non-hydrogen) atoms. The van der Waals surface area contributed by atoms with Gasteiger partial charge in [-0.15, -0.1) is 6.54 Å². The van der Waals surface area contributed by atoms with E-state index < -0.39 is 0 Å². The summed E-state index contributed by atoms with van der Waals surface area (Å²) in [6.45, 7) is 5.39. The molecule has 1 radical (unpaired) electrons. The average molecular weight is 189 g/mol. The van der Waals surface area contributed by atoms with Crippen LogP contribution < -0.4 is 0 Å². The molecule has 0 atom stereocenters. The fraction of sp³-hybridized carbons (Fsp3) is 0.833. The third-order valence-corrected chi connectivity index (χ3v) is 0.632. The van der Waals surface area contributed by atoms with Crippen LogP contribution in [-0.2, 0) is 32.7 Å². The minimum atomic E-state index is 0. The first kappa shape index (κ1) is 11.8. The van der Waals surface area contributed by atoms with Crippen LogP contribution >= 0.6 is 0 Å². The van der Waals surface area contributed by atoms with E-state index in [1.165, 1.54) is 5.92 Å². The molecule has 0 aromatic heterocycles. The largest absolute Gasteiger partial charge is 0.338 e. The summed E-state index contributed by atoms with van der Waals surface area (Å²) in [6, 6.07) is 0. The maximum atomic E-state index is 2.16. The summed E-state index contributed by atoms with van der Waals surface area (Å²) in [4.78, 5) is 2.16. The van der Waals surface area contributed by atoms with Gasteiger partial charge in [-0.05, 0) is 14.1 Å². The van der Waals surface area contributed by atoms with Crippen molar-refractivity contribution < 1.29 is 32.7 Å². The number of hydrogen-bond donors (Lipinski definition) is 0. The van der Waals surface area contributed by atoms with Crippen molar-refractivity contribution in [3.8, 4) is 0 Å². The van der Waals surface area contributed by atoms with Gasteiger partial charge in [0, 0.05) is 32.7 Å². The van der Waals surface area contributed by atoms with Crippen molar-refractivity contribution in [2.75, 3.05) is 20.6 Å². The molecule has 2 heteroatoms. The van der Waals surface area contributed by atoms with Gasteiger partial charge in [-0.1, -0.05) is 0 Å². The first-order valence-electron chi connectivity index (χ1n) is 2.56. The Bertz CT molecular complexity index is 37.8. The van der Waals surface area contributed by atoms with Crippen molar-refractivity contribution in [3.05, 3.63) is 5.92 Å². The van der Waals surface area contributed by atoms with Gasteiger partial charge in [0.15, 0.2) is 0 Å². The average Bonchev–Trinajstić information content (AvgIpc) is 1.27. The van der Waals surface area contributed by atoms with Gasteiger partial charge in [0.05, 0.1) is 0 Å². The Morgan fingerprint density at radius 2 is 1.62 bits per heavy atom. The van der Waals surface area contributed by atoms with E-state index in [4.69, 9.17) is 0 Å². The van der Waals surface area contributed by atoms with Crippen molar-refractivity contribution in [3.63, 3.8) is 0 Å². The fourth-order valence-electron chi connectivity index (χ4n) is 0.632. The van der Waals surface area contributed by atoms with E-state index in [9.17, 15) is 0 Å². The Morgan fingerprint density at radius 1 is 1.25 bits per heavy atom. The van der Waals surface area contributed by atoms with Crippen molar-refractivity contribution in [2.24, 2.45) is 0 Å². The summed E-state index contributed by atoms with van der Waals surface area (Å²) in [5.74, 6) is 1.46. The van der Waals surface area contributed by atoms with Crippen LogP contribution in [0.2, 0.25) is 0 Å². The molecule has 0 N–H and O–H groups in total. The molecule has 0 aliphatic carbocycles. The van der Waals surface area contributed by atoms with Gasteiger partial charge in [0.25, 0.3) is 0 Å². The van der Waals surface area contributed by atoms with E-state index in [-0.39, 0.29) is 32.7 Å². The summed E-state index contributed by atoms with van der Waals surface area (Å²) in [7, 11) is 4.15. The molecular weight excluding hydrogens is 175 g/mol. The van der Waals surface area contributed by atoms with Crippen LogP contribution in [-0.4, -0.2) is 25.5 Å². The van der Waals surface area contributed by atoms with Gasteiger partial charge < -0.3 is 10.8 Å². The Labute approximate surface area is 77.7 Å². The Hall–Kier alpha value is 1.06. The third-order valence-electron chi connectivity index (χ3n) is 0.632. The standard InChI is InChI=1S/C6H14N.Y/c1-6(2)5-7(3)4;/h5H2,1-4H3;/q-1;. The summed E-state index contributed by atoms with van der Waals surface area (Å²) in [6.07, 6.45) is 0. The summed E-state index contributed by atoms with van der Waals surface area (Å²) in [5, 5.41) is 0. The molecule has 0 rings (SSSR count). The fourth-order valence-corrected chi connectivity index (χ4v) is 0.632. The molecular formula is C6H14NY-. The van der Waals surface area contributed by atoms with Crippen LogP contribution in [0.1, 0.15) is 13.8 Å². The van der Waals surface area contributed by atoms with E-state index in [1.807, 2.05) is 0 Å². The zero-order valence-corrected chi connectivity index (χ0v) is 9.07. The molecule has 0 spiro atoms. The first-order chi connectivity index (χ1) is 3.13. The minimum Gasteiger partial charge on any atom is -0.338 e. The van der Waals surface area contributed by atoms with Crippen LogP contribution in [0.4, 0.5) is 0 Å². The van der Waals surface area contributed by atoms with E-state index in [1.54, 1.807) is 0 Å². The number of rotatable bonds is 2. The second kappa shape index (κ2) is 6.19. The second-order valence-electron chi connectivity index (χ2n) is 2.44. The second-order valence-corrected chi connectivity index (χ2v) is 2.44. The smallest absolute Gasteiger partial charge is 0 e. The van der Waals surface area contributed by atoms with Gasteiger partial charge >= 0.3 is 0 Å². The molecule has 1 nitrogen and oxygen atoms in total. The van der Waals surface area contributed by atoms with Crippen LogP contribution in [0.3, 0.4) is 0 Å². The monoisotopic (exact) mass is 189 g/mol. The molecule has 0 heterocycles. The summed E-state index contributed by atoms with van der Waals surface area (Å²) >= 11 is 0. The van der Waals surface area contributed by atoms with Gasteiger partial charge in [-0.3, -0.25) is 0 Å². The van der Waals surface area contributed by atoms with Crippen LogP contribution in [0.5, 0.6) is 0 Å². The molecule has 0 unspecified atom stereocenters. The molecule has 0 amide bonds. The Balaban J connectivity index is 0. The number of nitrogens with zero attached hydrogens (tertiary/aromatic N) is 1. The van der Waals surface area contributed by atoms with Crippen LogP contribution in [0.15, 0.2) is 0 Å². The Morgan fingerprint density at radius 3 is 1.62 bits per heavy atom. The predicted octanol–water partition coefficient (Wildman–Crippen LogP) is 1.16. The molecule has 0 aromatic carbocycles. The predicted molar refractivity (Wildman–Crippen MR) is 33.1 cm³/mol. The van der Waals surface area contributed by atoms with Crippen molar-refractivity contribution in [2.45, 2.75) is 13.8 Å². The van der Waals surface area contributed by atoms with Gasteiger partial charge in [0.1, 0.15) is 0 Å². The van der Waals surface area contributed by atoms with Crippen molar-refractivity contribution >= 4 is 0 Å². The topological polar surface area (TPSA) is 3.24 Å². The zero-order chi connectivity index (χ0) is 5.86. The molecule has 0 saturated heterocycles. The normalized spacial score (nSPS) is 9.75. The summed E-state index contributed by atoms with van der Waals surface area (Å²) in [5.41, 5.74) is 0. The molecule has 0 aliphatic rings. The van der Waals surface area contributed by atoms with Crippen LogP contribution in [0, 0.1) is 5.92 Å². The molecule has 0 aromatic rings. The van der Waals surface area contributed by atoms with Crippen molar-refractivity contribution in [1.29, 1.82) is 0 Å². The molecule has 47 valence electrons. The minimum absolute atomic E-state index is 0. The zero-order valence-electron chi connectivity index (χ0n) is 6.23. The van der Waals surface area contributed by atoms with Crippen molar-refractivity contribution in [1.82, 2.24) is 4.90 Å². The molecule has 0 bridgehead atoms. The quantitative estimate of drug-likeness (QED) is 0.589. The van der Waals surface area contributed by atoms with E-state index in [2.05, 4.69) is 32.8 Å². The van der Waals surface area contributed by atoms with E-state index in [0.717, 1.165) is 6.54 Å². The van der Waals surface area contributed by atoms with E-state index >= 15 is 0 Å². The molecule has 0 saturated carbocycles. The van der Waals surface area contributed by atoms with Gasteiger partial charge in [0.2, 0.25) is 0 Å². The van der Waals surface area contributed by atoms with E-state index in [0.29, 0.717) is 0 Å². The molecule has 0 aliphatic heterocycles. The first-order valence-corrected chi connectivity index (χ1v) is 2.56. The number of hydrogen-bond acceptors (Lipinski definition) is 1. The maximum Gasteiger partial charge on any atom is 0 e. The Kier molecular flexibility index (Phi) is 9.14. The SMILES string of the molecule is C[C-](C)CN(C)C.[Y]. The van der Waals surface area contributed by atoms with Crippen LogP contribution in [0.25, 0.3) is 0 Å². The summed E-state index contributed by atoms with van der Waals surface area (Å²) < 4.78 is 0. The maximum absolute atomic E-state index is 2.16. The molecule has 0 fully saturated rings. The third kappa shape index (κ3) is 10.1. The van der Waals surface area contributed by atoms with Gasteiger partial charge in [-0.2, -0.15) is 13.8 Å². The van der Waals surface area contributed by atoms with Gasteiger partial charge in [-0.25, -0.2) is 0 Å².